The lowest BCUT2D eigenvalue weighted by atomic mass is 11.0. The molecule has 1 radical (unpaired) electrons. The largest absolute Gasteiger partial charge is 1.00 e. The molecule has 5 heavy (non-hydrogen) atoms. The van der Waals surface area contributed by atoms with Crippen molar-refractivity contribution >= 4 is 0 Å². The number of aromatic nitrogens is 1. The van der Waals surface area contributed by atoms with Gasteiger partial charge in [0.15, 0.2) is 0 Å². The van der Waals surface area contributed by atoms with Crippen molar-refractivity contribution in [1.29, 1.82) is 0 Å². The fourth-order valence-corrected chi connectivity index (χ4v) is 0.152. The topological polar surface area (TPSA) is 26.0 Å². The Bertz CT molecular complexity index is 67.3. The van der Waals surface area contributed by atoms with E-state index < -0.39 is 0 Å². The molecule has 0 bridgehead atoms. The Morgan fingerprint density at radius 1 is 2.00 bits per heavy atom. The van der Waals surface area contributed by atoms with Crippen LogP contribution in [0.5, 0.6) is 0 Å². The van der Waals surface area contributed by atoms with E-state index in [4.69, 9.17) is 0 Å². The molecule has 2 heteroatoms. The minimum atomic E-state index is 0. The SMILES string of the molecule is [H+].[c]1ncco1. The van der Waals surface area contributed by atoms with Gasteiger partial charge in [0, 0.05) is 0 Å². The van der Waals surface area contributed by atoms with Gasteiger partial charge in [-0.2, -0.15) is 0 Å². The molecule has 0 amide bonds. The highest BCUT2D eigenvalue weighted by Crippen LogP contribution is 1.70. The third-order valence-electron chi connectivity index (χ3n) is 0.309. The van der Waals surface area contributed by atoms with E-state index in [1.54, 1.807) is 0 Å². The number of nitrogens with zero attached hydrogens (tertiary/aromatic N) is 1. The second-order valence-corrected chi connectivity index (χ2v) is 0.623. The summed E-state index contributed by atoms with van der Waals surface area (Å²) in [6.45, 7) is 0. The number of hydrogen-bond donors (Lipinski definition) is 0. The van der Waals surface area contributed by atoms with Gasteiger partial charge in [0.2, 0.25) is 0 Å². The van der Waals surface area contributed by atoms with Gasteiger partial charge in [0.05, 0.1) is 6.20 Å². The average Bonchev–Trinajstić information content (AvgIpc) is 1.76. The summed E-state index contributed by atoms with van der Waals surface area (Å²) >= 11 is 0. The van der Waals surface area contributed by atoms with Crippen LogP contribution in [0.4, 0.5) is 0 Å². The Labute approximate surface area is 30.9 Å². The Balaban J connectivity index is 0.000000250. The van der Waals surface area contributed by atoms with Gasteiger partial charge in [-0.05, 0) is 0 Å². The van der Waals surface area contributed by atoms with Crippen LogP contribution in [0.1, 0.15) is 1.43 Å². The minimum absolute atomic E-state index is 0. The molecule has 0 spiro atoms. The molecule has 25 valence electrons. The normalized spacial score (nSPS) is 8.00. The highest BCUT2D eigenvalue weighted by atomic mass is 16.3. The monoisotopic (exact) mass is 69.0 g/mol. The van der Waals surface area contributed by atoms with Crippen molar-refractivity contribution in [2.24, 2.45) is 0 Å². The van der Waals surface area contributed by atoms with Gasteiger partial charge < -0.3 is 4.42 Å². The van der Waals surface area contributed by atoms with Gasteiger partial charge in [0.1, 0.15) is 6.26 Å². The number of oxazole rings is 1. The first-order chi connectivity index (χ1) is 2.50. The summed E-state index contributed by atoms with van der Waals surface area (Å²) in [4.78, 5) is 3.43. The quantitative estimate of drug-likeness (QED) is 0.445. The zero-order chi connectivity index (χ0) is 3.54. The van der Waals surface area contributed by atoms with Crippen molar-refractivity contribution in [2.45, 2.75) is 0 Å². The van der Waals surface area contributed by atoms with Gasteiger partial charge in [-0.1, -0.05) is 0 Å². The highest BCUT2D eigenvalue weighted by molar-refractivity contribution is 4.55. The third-order valence-corrected chi connectivity index (χ3v) is 0.309. The molecule has 1 heterocycles. The van der Waals surface area contributed by atoms with Crippen LogP contribution in [0, 0.1) is 6.39 Å². The first-order valence-corrected chi connectivity index (χ1v) is 1.25. The summed E-state index contributed by atoms with van der Waals surface area (Å²) in [5.74, 6) is 0. The zero-order valence-electron chi connectivity index (χ0n) is 3.51. The molecular weight excluding hydrogens is 66.0 g/mol. The summed E-state index contributed by atoms with van der Waals surface area (Å²) in [7, 11) is 0. The third kappa shape index (κ3) is 0.265. The molecule has 1 rings (SSSR count). The lowest BCUT2D eigenvalue weighted by Crippen LogP contribution is -1.40. The molecule has 2 nitrogen and oxygen atoms in total. The molecule has 0 N–H and O–H groups in total. The highest BCUT2D eigenvalue weighted by Gasteiger charge is 1.62. The average molecular weight is 69.1 g/mol. The van der Waals surface area contributed by atoms with E-state index in [0.29, 0.717) is 0 Å². The zero-order valence-corrected chi connectivity index (χ0v) is 2.51. The summed E-state index contributed by atoms with van der Waals surface area (Å²) < 4.78 is 4.35. The predicted molar refractivity (Wildman–Crippen MR) is 16.5 cm³/mol. The molecule has 0 saturated carbocycles. The maximum absolute atomic E-state index is 4.35. The molecule has 0 saturated heterocycles. The van der Waals surface area contributed by atoms with Crippen molar-refractivity contribution in [3.63, 3.8) is 0 Å². The maximum Gasteiger partial charge on any atom is 1.00 e. The predicted octanol–water partition coefficient (Wildman–Crippen LogP) is 0.587. The molecule has 0 fully saturated rings. The molecule has 0 aliphatic rings. The lowest BCUT2D eigenvalue weighted by Gasteiger charge is -1.44. The minimum Gasteiger partial charge on any atom is -0.441 e. The van der Waals surface area contributed by atoms with E-state index in [1.165, 1.54) is 12.5 Å². The first-order valence-electron chi connectivity index (χ1n) is 1.25. The standard InChI is InChI=1S/C3H2NO/c1-2-5-3-4-1/h1-2H/p+1. The van der Waals surface area contributed by atoms with Crippen molar-refractivity contribution in [2.75, 3.05) is 0 Å². The van der Waals surface area contributed by atoms with Gasteiger partial charge >= 0.3 is 1.43 Å². The Hall–Kier alpha value is -0.790. The van der Waals surface area contributed by atoms with Crippen LogP contribution in [0.25, 0.3) is 0 Å². The van der Waals surface area contributed by atoms with Crippen molar-refractivity contribution in [1.82, 2.24) is 4.98 Å². The lowest BCUT2D eigenvalue weighted by molar-refractivity contribution is 0.548. The van der Waals surface area contributed by atoms with Gasteiger partial charge in [-0.15, -0.1) is 0 Å². The summed E-state index contributed by atoms with van der Waals surface area (Å²) in [6, 6.07) is 0. The first kappa shape index (κ1) is 2.45. The summed E-state index contributed by atoms with van der Waals surface area (Å²) in [5.41, 5.74) is 0. The molecule has 0 aliphatic heterocycles. The van der Waals surface area contributed by atoms with E-state index >= 15 is 0 Å². The molecule has 1 aromatic heterocycles. The van der Waals surface area contributed by atoms with Crippen molar-refractivity contribution in [3.8, 4) is 0 Å². The second-order valence-electron chi connectivity index (χ2n) is 0.623. The second kappa shape index (κ2) is 0.885. The van der Waals surface area contributed by atoms with Crippen molar-refractivity contribution < 1.29 is 5.84 Å². The van der Waals surface area contributed by atoms with Crippen LogP contribution >= 0.6 is 0 Å². The molecule has 0 unspecified atom stereocenters. The maximum atomic E-state index is 4.35. The molecule has 1 aromatic rings. The fraction of sp³-hybridized carbons (Fsp3) is 0. The van der Waals surface area contributed by atoms with Crippen LogP contribution in [0.2, 0.25) is 0 Å². The van der Waals surface area contributed by atoms with Gasteiger partial charge in [-0.3, -0.25) is 0 Å². The van der Waals surface area contributed by atoms with E-state index in [1.807, 2.05) is 0 Å². The van der Waals surface area contributed by atoms with Gasteiger partial charge in [0.25, 0.3) is 6.39 Å². The fourth-order valence-electron chi connectivity index (χ4n) is 0.152. The molecule has 0 aromatic carbocycles. The van der Waals surface area contributed by atoms with Crippen LogP contribution in [0.15, 0.2) is 16.9 Å². The van der Waals surface area contributed by atoms with E-state index in [-0.39, 0.29) is 1.43 Å². The Morgan fingerprint density at radius 3 is 3.20 bits per heavy atom. The molecular formula is C3H3NO+. The smallest absolute Gasteiger partial charge is 0.441 e. The molecule has 0 atom stereocenters. The van der Waals surface area contributed by atoms with Crippen molar-refractivity contribution in [3.05, 3.63) is 18.9 Å². The van der Waals surface area contributed by atoms with Gasteiger partial charge in [-0.25, -0.2) is 4.98 Å². The summed E-state index contributed by atoms with van der Waals surface area (Å²) in [5, 5.41) is 0. The Kier molecular flexibility index (Phi) is 0.433. The molecule has 0 aliphatic carbocycles. The summed E-state index contributed by atoms with van der Waals surface area (Å²) in [6.07, 6.45) is 5.22. The van der Waals surface area contributed by atoms with Crippen LogP contribution in [-0.4, -0.2) is 4.98 Å². The number of rotatable bonds is 0. The van der Waals surface area contributed by atoms with E-state index in [9.17, 15) is 0 Å². The van der Waals surface area contributed by atoms with E-state index in [0.717, 1.165) is 0 Å². The van der Waals surface area contributed by atoms with Crippen LogP contribution in [0.3, 0.4) is 0 Å². The van der Waals surface area contributed by atoms with Crippen LogP contribution < -0.4 is 0 Å². The van der Waals surface area contributed by atoms with E-state index in [2.05, 4.69) is 15.8 Å². The number of hydrogen-bond acceptors (Lipinski definition) is 2. The Morgan fingerprint density at radius 2 is 3.00 bits per heavy atom. The van der Waals surface area contributed by atoms with Crippen LogP contribution in [-0.2, 0) is 0 Å².